The van der Waals surface area contributed by atoms with Gasteiger partial charge < -0.3 is 13.5 Å². The minimum Gasteiger partial charge on any atom is -0.467 e. The van der Waals surface area contributed by atoms with Gasteiger partial charge in [0.25, 0.3) is 5.91 Å². The highest BCUT2D eigenvalue weighted by Gasteiger charge is 2.20. The van der Waals surface area contributed by atoms with Crippen molar-refractivity contribution in [3.8, 4) is 5.75 Å². The molecule has 3 rings (SSSR count). The smallest absolute Gasteiger partial charge is 0.306 e. The Morgan fingerprint density at radius 1 is 1.00 bits per heavy atom. The van der Waals surface area contributed by atoms with E-state index in [0.717, 1.165) is 17.4 Å². The van der Waals surface area contributed by atoms with Crippen LogP contribution in [0.3, 0.4) is 0 Å². The SMILES string of the molecule is CC(C)(C)c1ccc(C(=O)N(Cc2cccc(OS(C)(=O)=O)c2)Cc2ccco2)cc1. The molecular weight excluding hydrogens is 414 g/mol. The van der Waals surface area contributed by atoms with Crippen molar-refractivity contribution in [1.29, 1.82) is 0 Å². The molecule has 0 saturated carbocycles. The van der Waals surface area contributed by atoms with Gasteiger partial charge in [0.15, 0.2) is 0 Å². The summed E-state index contributed by atoms with van der Waals surface area (Å²) in [6.45, 7) is 6.92. The molecule has 0 aliphatic carbocycles. The van der Waals surface area contributed by atoms with Gasteiger partial charge in [-0.15, -0.1) is 0 Å². The fourth-order valence-corrected chi connectivity index (χ4v) is 3.63. The lowest BCUT2D eigenvalue weighted by atomic mass is 9.86. The monoisotopic (exact) mass is 441 g/mol. The maximum Gasteiger partial charge on any atom is 0.306 e. The molecule has 1 aromatic heterocycles. The molecule has 31 heavy (non-hydrogen) atoms. The van der Waals surface area contributed by atoms with Gasteiger partial charge >= 0.3 is 10.1 Å². The molecule has 1 amide bonds. The molecule has 0 unspecified atom stereocenters. The number of amides is 1. The van der Waals surface area contributed by atoms with Crippen molar-refractivity contribution in [1.82, 2.24) is 4.90 Å². The summed E-state index contributed by atoms with van der Waals surface area (Å²) in [6, 6.07) is 17.9. The molecule has 1 heterocycles. The van der Waals surface area contributed by atoms with Gasteiger partial charge in [-0.2, -0.15) is 8.42 Å². The highest BCUT2D eigenvalue weighted by molar-refractivity contribution is 7.86. The average Bonchev–Trinajstić information content (AvgIpc) is 3.18. The molecule has 0 fully saturated rings. The molecular formula is C24H27NO5S. The zero-order valence-corrected chi connectivity index (χ0v) is 19.0. The molecule has 7 heteroatoms. The second-order valence-corrected chi connectivity index (χ2v) is 10.1. The molecule has 3 aromatic rings. The van der Waals surface area contributed by atoms with E-state index in [1.807, 2.05) is 36.4 Å². The van der Waals surface area contributed by atoms with E-state index in [1.165, 1.54) is 0 Å². The van der Waals surface area contributed by atoms with Gasteiger partial charge in [-0.1, -0.05) is 45.0 Å². The van der Waals surface area contributed by atoms with Crippen molar-refractivity contribution in [3.63, 3.8) is 0 Å². The molecule has 0 aliphatic heterocycles. The number of carbonyl (C=O) groups excluding carboxylic acids is 1. The topological polar surface area (TPSA) is 76.8 Å². The minimum absolute atomic E-state index is 0.00448. The van der Waals surface area contributed by atoms with Crippen molar-refractivity contribution in [2.24, 2.45) is 0 Å². The zero-order chi connectivity index (χ0) is 22.6. The van der Waals surface area contributed by atoms with Crippen LogP contribution in [-0.4, -0.2) is 25.5 Å². The van der Waals surface area contributed by atoms with Crippen LogP contribution in [-0.2, 0) is 28.6 Å². The normalized spacial score (nSPS) is 11.9. The Morgan fingerprint density at radius 2 is 1.71 bits per heavy atom. The summed E-state index contributed by atoms with van der Waals surface area (Å²) in [5, 5.41) is 0. The molecule has 0 atom stereocenters. The minimum atomic E-state index is -3.63. The molecule has 0 saturated heterocycles. The summed E-state index contributed by atoms with van der Waals surface area (Å²) in [5.41, 5.74) is 2.46. The van der Waals surface area contributed by atoms with Crippen LogP contribution in [0.2, 0.25) is 0 Å². The standard InChI is InChI=1S/C24H27NO5S/c1-24(2,3)20-12-10-19(11-13-20)23(26)25(17-22-9-6-14-29-22)16-18-7-5-8-21(15-18)30-31(4,27)28/h5-15H,16-17H2,1-4H3. The molecule has 6 nitrogen and oxygen atoms in total. The first-order valence-corrected chi connectivity index (χ1v) is 11.7. The van der Waals surface area contributed by atoms with E-state index >= 15 is 0 Å². The van der Waals surface area contributed by atoms with Crippen LogP contribution in [0.1, 0.15) is 48.0 Å². The summed E-state index contributed by atoms with van der Waals surface area (Å²) in [4.78, 5) is 15.0. The van der Waals surface area contributed by atoms with Crippen LogP contribution in [0, 0.1) is 0 Å². The lowest BCUT2D eigenvalue weighted by Crippen LogP contribution is -2.30. The van der Waals surface area contributed by atoms with Gasteiger partial charge in [0.2, 0.25) is 0 Å². The van der Waals surface area contributed by atoms with Gasteiger partial charge in [-0.05, 0) is 52.9 Å². The van der Waals surface area contributed by atoms with Crippen LogP contribution < -0.4 is 4.18 Å². The maximum absolute atomic E-state index is 13.3. The molecule has 0 N–H and O–H groups in total. The highest BCUT2D eigenvalue weighted by Crippen LogP contribution is 2.24. The Hall–Kier alpha value is -3.06. The van der Waals surface area contributed by atoms with Gasteiger partial charge in [0, 0.05) is 12.1 Å². The van der Waals surface area contributed by atoms with Crippen LogP contribution in [0.5, 0.6) is 5.75 Å². The summed E-state index contributed by atoms with van der Waals surface area (Å²) >= 11 is 0. The van der Waals surface area contributed by atoms with E-state index in [-0.39, 0.29) is 30.2 Å². The predicted octanol–water partition coefficient (Wildman–Crippen LogP) is 4.76. The van der Waals surface area contributed by atoms with Gasteiger partial charge in [-0.3, -0.25) is 4.79 Å². The number of nitrogens with zero attached hydrogens (tertiary/aromatic N) is 1. The van der Waals surface area contributed by atoms with Crippen molar-refractivity contribution in [2.75, 3.05) is 6.26 Å². The Kier molecular flexibility index (Phi) is 6.55. The second-order valence-electron chi connectivity index (χ2n) is 8.50. The van der Waals surface area contributed by atoms with Crippen LogP contribution in [0.15, 0.2) is 71.3 Å². The Morgan fingerprint density at radius 3 is 2.29 bits per heavy atom. The lowest BCUT2D eigenvalue weighted by Gasteiger charge is -2.23. The Balaban J connectivity index is 1.86. The first-order valence-electron chi connectivity index (χ1n) is 9.92. The summed E-state index contributed by atoms with van der Waals surface area (Å²) in [6.07, 6.45) is 2.56. The van der Waals surface area contributed by atoms with E-state index in [2.05, 4.69) is 20.8 Å². The van der Waals surface area contributed by atoms with Gasteiger partial charge in [-0.25, -0.2) is 0 Å². The number of rotatable bonds is 7. The summed E-state index contributed by atoms with van der Waals surface area (Å²) in [5.74, 6) is 0.717. The lowest BCUT2D eigenvalue weighted by molar-refractivity contribution is 0.0717. The van der Waals surface area contributed by atoms with E-state index in [0.29, 0.717) is 11.3 Å². The maximum atomic E-state index is 13.3. The zero-order valence-electron chi connectivity index (χ0n) is 18.2. The fourth-order valence-electron chi connectivity index (χ4n) is 3.18. The third-order valence-electron chi connectivity index (χ3n) is 4.73. The van der Waals surface area contributed by atoms with Gasteiger partial charge in [0.05, 0.1) is 19.1 Å². The van der Waals surface area contributed by atoms with Crippen molar-refractivity contribution < 1.29 is 21.8 Å². The second kappa shape index (κ2) is 8.98. The van der Waals surface area contributed by atoms with E-state index in [1.54, 1.807) is 35.4 Å². The molecule has 164 valence electrons. The van der Waals surface area contributed by atoms with Crippen LogP contribution >= 0.6 is 0 Å². The van der Waals surface area contributed by atoms with Crippen LogP contribution in [0.4, 0.5) is 0 Å². The van der Waals surface area contributed by atoms with E-state index in [9.17, 15) is 13.2 Å². The van der Waals surface area contributed by atoms with Gasteiger partial charge in [0.1, 0.15) is 11.5 Å². The number of furan rings is 1. The Labute approximate surface area is 183 Å². The number of hydrogen-bond donors (Lipinski definition) is 0. The van der Waals surface area contributed by atoms with E-state index < -0.39 is 10.1 Å². The number of hydrogen-bond acceptors (Lipinski definition) is 5. The summed E-state index contributed by atoms with van der Waals surface area (Å²) < 4.78 is 33.3. The molecule has 2 aromatic carbocycles. The summed E-state index contributed by atoms with van der Waals surface area (Å²) in [7, 11) is -3.63. The number of benzene rings is 2. The first kappa shape index (κ1) is 22.6. The van der Waals surface area contributed by atoms with Crippen LogP contribution in [0.25, 0.3) is 0 Å². The quantitative estimate of drug-likeness (QED) is 0.494. The predicted molar refractivity (Wildman–Crippen MR) is 119 cm³/mol. The van der Waals surface area contributed by atoms with Crippen molar-refractivity contribution in [3.05, 3.63) is 89.4 Å². The largest absolute Gasteiger partial charge is 0.467 e. The highest BCUT2D eigenvalue weighted by atomic mass is 32.2. The van der Waals surface area contributed by atoms with E-state index in [4.69, 9.17) is 8.60 Å². The molecule has 0 spiro atoms. The third kappa shape index (κ3) is 6.46. The molecule has 0 aliphatic rings. The van der Waals surface area contributed by atoms with Crippen molar-refractivity contribution in [2.45, 2.75) is 39.3 Å². The average molecular weight is 442 g/mol. The molecule has 0 bridgehead atoms. The van der Waals surface area contributed by atoms with Crippen molar-refractivity contribution >= 4 is 16.0 Å². The Bertz CT molecular complexity index is 1130. The molecule has 0 radical (unpaired) electrons. The fraction of sp³-hybridized carbons (Fsp3) is 0.292. The third-order valence-corrected chi connectivity index (χ3v) is 5.23. The first-order chi connectivity index (χ1) is 14.5. The number of carbonyl (C=O) groups is 1.